The molecule has 3 unspecified atom stereocenters. The molecule has 2 heterocycles. The van der Waals surface area contributed by atoms with Crippen LogP contribution in [0.4, 0.5) is 0 Å². The minimum Gasteiger partial charge on any atom is -0.240 e. The average Bonchev–Trinajstić information content (AvgIpc) is 3.42. The van der Waals surface area contributed by atoms with Gasteiger partial charge in [-0.2, -0.15) is 49.8 Å². The molecule has 11 nitrogen and oxygen atoms in total. The van der Waals surface area contributed by atoms with Crippen molar-refractivity contribution in [2.75, 3.05) is 6.54 Å². The SMILES string of the molecule is C1CCCCCCCCCCCC2CCCN2NNNNNNNNNNC2CCC2CCCCCCCCCC1. The third kappa shape index (κ3) is 17.4. The van der Waals surface area contributed by atoms with Crippen LogP contribution < -0.4 is 55.2 Å². The van der Waals surface area contributed by atoms with Crippen LogP contribution in [-0.4, -0.2) is 23.6 Å². The highest BCUT2D eigenvalue weighted by Gasteiger charge is 2.29. The molecule has 3 fully saturated rings. The standard InChI is InChI=1S/C30H67N11/c1-2-4-6-8-10-12-14-16-18-20-23-29-24-21-27-41(29)40-39-38-37-36-35-34-33-32-31-30-26-25-28(30)22-19-17-15-13-11-9-7-5-3-1/h28-40H,1-27H2. The predicted molar refractivity (Wildman–Crippen MR) is 169 cm³/mol. The normalized spacial score (nSPS) is 30.9. The van der Waals surface area contributed by atoms with Gasteiger partial charge < -0.3 is 0 Å². The van der Waals surface area contributed by atoms with Crippen LogP contribution in [0.1, 0.15) is 167 Å². The number of nitrogens with one attached hydrogen (secondary N) is 10. The second kappa shape index (κ2) is 24.9. The molecule has 0 spiro atoms. The van der Waals surface area contributed by atoms with Gasteiger partial charge >= 0.3 is 0 Å². The fourth-order valence-corrected chi connectivity index (χ4v) is 6.77. The summed E-state index contributed by atoms with van der Waals surface area (Å²) in [5.41, 5.74) is 29.8. The van der Waals surface area contributed by atoms with E-state index >= 15 is 0 Å². The van der Waals surface area contributed by atoms with Crippen molar-refractivity contribution in [2.24, 2.45) is 5.92 Å². The van der Waals surface area contributed by atoms with Crippen molar-refractivity contribution < 1.29 is 0 Å². The molecule has 0 aromatic rings. The van der Waals surface area contributed by atoms with Gasteiger partial charge in [-0.15, -0.1) is 0 Å². The Balaban J connectivity index is 1.23. The van der Waals surface area contributed by atoms with Gasteiger partial charge in [-0.05, 0) is 44.4 Å². The first-order valence-electron chi connectivity index (χ1n) is 17.7. The van der Waals surface area contributed by atoms with Crippen LogP contribution in [-0.2, 0) is 0 Å². The number of hydrogen-bond acceptors (Lipinski definition) is 11. The second-order valence-corrected chi connectivity index (χ2v) is 12.8. The summed E-state index contributed by atoms with van der Waals surface area (Å²) in [5.74, 6) is 0.798. The smallest absolute Gasteiger partial charge is 0.0257 e. The van der Waals surface area contributed by atoms with Gasteiger partial charge in [-0.3, -0.25) is 0 Å². The number of rotatable bonds is 0. The molecule has 11 heteroatoms. The fourth-order valence-electron chi connectivity index (χ4n) is 6.77. The Morgan fingerprint density at radius 2 is 0.756 bits per heavy atom. The second-order valence-electron chi connectivity index (χ2n) is 12.8. The van der Waals surface area contributed by atoms with Gasteiger partial charge in [0.25, 0.3) is 0 Å². The fraction of sp³-hybridized carbons (Fsp3) is 1.00. The molecule has 0 amide bonds. The molecule has 3 rings (SSSR count). The molecule has 3 atom stereocenters. The maximum atomic E-state index is 3.38. The van der Waals surface area contributed by atoms with Gasteiger partial charge in [0.05, 0.1) is 0 Å². The molecule has 2 saturated heterocycles. The van der Waals surface area contributed by atoms with Gasteiger partial charge in [0.2, 0.25) is 0 Å². The summed E-state index contributed by atoms with van der Waals surface area (Å²) in [6.07, 6.45) is 36.3. The van der Waals surface area contributed by atoms with Crippen molar-refractivity contribution in [1.82, 2.24) is 60.2 Å². The molecule has 0 aromatic heterocycles. The highest BCUT2D eigenvalue weighted by Crippen LogP contribution is 2.31. The van der Waals surface area contributed by atoms with Crippen molar-refractivity contribution in [1.29, 1.82) is 0 Å². The minimum atomic E-state index is 0.554. The zero-order valence-corrected chi connectivity index (χ0v) is 26.3. The van der Waals surface area contributed by atoms with E-state index in [1.54, 1.807) is 0 Å². The van der Waals surface area contributed by atoms with E-state index < -0.39 is 0 Å². The van der Waals surface area contributed by atoms with Crippen molar-refractivity contribution in [3.8, 4) is 0 Å². The van der Waals surface area contributed by atoms with Crippen molar-refractivity contribution >= 4 is 0 Å². The van der Waals surface area contributed by atoms with Gasteiger partial charge in [-0.25, -0.2) is 10.4 Å². The van der Waals surface area contributed by atoms with E-state index in [2.05, 4.69) is 60.2 Å². The summed E-state index contributed by atoms with van der Waals surface area (Å²) in [6.45, 7) is 1.08. The average molecular weight is 582 g/mol. The zero-order valence-electron chi connectivity index (χ0n) is 26.3. The van der Waals surface area contributed by atoms with Crippen LogP contribution in [0, 0.1) is 5.92 Å². The lowest BCUT2D eigenvalue weighted by molar-refractivity contribution is 0.0978. The lowest BCUT2D eigenvalue weighted by atomic mass is 9.77. The molecule has 10 N–H and O–H groups in total. The Hall–Kier alpha value is -0.440. The summed E-state index contributed by atoms with van der Waals surface area (Å²) in [6, 6.07) is 1.17. The molecular formula is C30H67N11. The molecule has 3 aliphatic rings. The molecular weight excluding hydrogens is 514 g/mol. The molecule has 0 radical (unpaired) electrons. The summed E-state index contributed by atoms with van der Waals surface area (Å²) >= 11 is 0. The minimum absolute atomic E-state index is 0.554. The lowest BCUT2D eigenvalue weighted by Crippen LogP contribution is -2.67. The van der Waals surface area contributed by atoms with Crippen LogP contribution in [0.15, 0.2) is 0 Å². The van der Waals surface area contributed by atoms with Crippen LogP contribution in [0.5, 0.6) is 0 Å². The third-order valence-electron chi connectivity index (χ3n) is 9.55. The van der Waals surface area contributed by atoms with E-state index in [1.807, 2.05) is 0 Å². The first kappa shape index (κ1) is 35.0. The first-order chi connectivity index (χ1) is 20.4. The maximum absolute atomic E-state index is 3.38. The molecule has 41 heavy (non-hydrogen) atoms. The zero-order chi connectivity index (χ0) is 28.5. The Kier molecular flexibility index (Phi) is 21.3. The number of hydrazine groups is 10. The van der Waals surface area contributed by atoms with E-state index in [-0.39, 0.29) is 0 Å². The van der Waals surface area contributed by atoms with E-state index in [0.717, 1.165) is 12.5 Å². The molecule has 1 aliphatic carbocycles. The maximum Gasteiger partial charge on any atom is 0.0257 e. The highest BCUT2D eigenvalue weighted by molar-refractivity contribution is 4.85. The summed E-state index contributed by atoms with van der Waals surface area (Å²) in [5, 5.41) is 2.32. The van der Waals surface area contributed by atoms with E-state index in [4.69, 9.17) is 0 Å². The molecule has 242 valence electrons. The highest BCUT2D eigenvalue weighted by atomic mass is 16.0. The summed E-state index contributed by atoms with van der Waals surface area (Å²) in [4.78, 5) is 0. The Bertz CT molecular complexity index is 585. The molecule has 1 saturated carbocycles. The first-order valence-corrected chi connectivity index (χ1v) is 17.7. The van der Waals surface area contributed by atoms with Crippen molar-refractivity contribution in [3.05, 3.63) is 0 Å². The van der Waals surface area contributed by atoms with Crippen LogP contribution >= 0.6 is 0 Å². The Morgan fingerprint density at radius 1 is 0.341 bits per heavy atom. The quantitative estimate of drug-likeness (QED) is 0.193. The van der Waals surface area contributed by atoms with Gasteiger partial charge in [-0.1, -0.05) is 128 Å². The van der Waals surface area contributed by atoms with Gasteiger partial charge in [0.1, 0.15) is 0 Å². The lowest BCUT2D eigenvalue weighted by Gasteiger charge is -2.37. The molecule has 2 aliphatic heterocycles. The van der Waals surface area contributed by atoms with E-state index in [1.165, 1.54) is 167 Å². The van der Waals surface area contributed by atoms with Crippen LogP contribution in [0.2, 0.25) is 0 Å². The molecule has 0 aromatic carbocycles. The van der Waals surface area contributed by atoms with E-state index in [9.17, 15) is 0 Å². The summed E-state index contributed by atoms with van der Waals surface area (Å²) < 4.78 is 0. The monoisotopic (exact) mass is 582 g/mol. The van der Waals surface area contributed by atoms with Crippen molar-refractivity contribution in [2.45, 2.75) is 179 Å². The number of nitrogens with zero attached hydrogens (tertiary/aromatic N) is 1. The van der Waals surface area contributed by atoms with Crippen LogP contribution in [0.25, 0.3) is 0 Å². The summed E-state index contributed by atoms with van der Waals surface area (Å²) in [7, 11) is 0. The number of fused-ring (bicyclic) bond motifs is 2. The Labute approximate surface area is 251 Å². The Morgan fingerprint density at radius 3 is 1.24 bits per heavy atom. The van der Waals surface area contributed by atoms with Gasteiger partial charge in [0, 0.05) is 18.6 Å². The van der Waals surface area contributed by atoms with E-state index in [0.29, 0.717) is 12.1 Å². The predicted octanol–water partition coefficient (Wildman–Crippen LogP) is 4.87. The topological polar surface area (TPSA) is 124 Å². The third-order valence-corrected chi connectivity index (χ3v) is 9.55. The largest absolute Gasteiger partial charge is 0.240 e. The van der Waals surface area contributed by atoms with Crippen molar-refractivity contribution in [3.63, 3.8) is 0 Å². The van der Waals surface area contributed by atoms with Gasteiger partial charge in [0.15, 0.2) is 0 Å². The number of hydrogen-bond donors (Lipinski definition) is 10. The van der Waals surface area contributed by atoms with Crippen LogP contribution in [0.3, 0.4) is 0 Å². The molecule has 0 bridgehead atoms.